The lowest BCUT2D eigenvalue weighted by molar-refractivity contribution is 0.140. The third-order valence-electron chi connectivity index (χ3n) is 2.89. The normalized spacial score (nSPS) is 22.4. The Bertz CT molecular complexity index is 347. The van der Waals surface area contributed by atoms with Gasteiger partial charge in [0.05, 0.1) is 6.10 Å². The van der Waals surface area contributed by atoms with Crippen LogP contribution in [0.5, 0.6) is 0 Å². The van der Waals surface area contributed by atoms with Gasteiger partial charge in [0.15, 0.2) is 0 Å². The number of aryl methyl sites for hydroxylation is 1. The van der Waals surface area contributed by atoms with E-state index in [4.69, 9.17) is 6.42 Å². The zero-order chi connectivity index (χ0) is 9.97. The number of aliphatic hydroxyl groups is 1. The van der Waals surface area contributed by atoms with Crippen LogP contribution in [0, 0.1) is 12.3 Å². The number of aliphatic hydroxyl groups excluding tert-OH is 1. The maximum atomic E-state index is 9.90. The SMILES string of the molecule is C#CCC(O)C1CCCc2sccc21. The summed E-state index contributed by atoms with van der Waals surface area (Å²) < 4.78 is 0. The smallest absolute Gasteiger partial charge is 0.0718 e. The zero-order valence-corrected chi connectivity index (χ0v) is 8.89. The molecule has 1 aromatic rings. The fourth-order valence-corrected chi connectivity index (χ4v) is 3.18. The average molecular weight is 206 g/mol. The van der Waals surface area contributed by atoms with Gasteiger partial charge in [0.2, 0.25) is 0 Å². The van der Waals surface area contributed by atoms with E-state index in [2.05, 4.69) is 17.4 Å². The fraction of sp³-hybridized carbons (Fsp3) is 0.500. The molecule has 0 fully saturated rings. The Morgan fingerprint density at radius 2 is 2.57 bits per heavy atom. The predicted molar refractivity (Wildman–Crippen MR) is 59.5 cm³/mol. The van der Waals surface area contributed by atoms with Gasteiger partial charge in [-0.25, -0.2) is 0 Å². The molecule has 14 heavy (non-hydrogen) atoms. The van der Waals surface area contributed by atoms with Crippen LogP contribution in [0.15, 0.2) is 11.4 Å². The summed E-state index contributed by atoms with van der Waals surface area (Å²) in [7, 11) is 0. The van der Waals surface area contributed by atoms with Crippen LogP contribution in [0.25, 0.3) is 0 Å². The van der Waals surface area contributed by atoms with E-state index in [-0.39, 0.29) is 12.0 Å². The monoisotopic (exact) mass is 206 g/mol. The lowest BCUT2D eigenvalue weighted by atomic mass is 9.83. The van der Waals surface area contributed by atoms with Gasteiger partial charge in [0.1, 0.15) is 0 Å². The lowest BCUT2D eigenvalue weighted by Gasteiger charge is -2.26. The molecule has 0 aromatic carbocycles. The second-order valence-corrected chi connectivity index (χ2v) is 4.77. The van der Waals surface area contributed by atoms with Crippen molar-refractivity contribution in [2.75, 3.05) is 0 Å². The Morgan fingerprint density at radius 3 is 3.36 bits per heavy atom. The summed E-state index contributed by atoms with van der Waals surface area (Å²) in [5, 5.41) is 12.0. The molecule has 1 aliphatic carbocycles. The molecule has 2 unspecified atom stereocenters. The molecule has 1 heterocycles. The molecule has 74 valence electrons. The van der Waals surface area contributed by atoms with E-state index in [1.807, 2.05) is 0 Å². The van der Waals surface area contributed by atoms with Gasteiger partial charge in [-0.05, 0) is 36.3 Å². The summed E-state index contributed by atoms with van der Waals surface area (Å²) in [6.07, 6.45) is 8.77. The van der Waals surface area contributed by atoms with Gasteiger partial charge in [-0.2, -0.15) is 0 Å². The first-order valence-corrected chi connectivity index (χ1v) is 5.88. The van der Waals surface area contributed by atoms with Crippen molar-refractivity contribution in [1.82, 2.24) is 0 Å². The van der Waals surface area contributed by atoms with E-state index < -0.39 is 0 Å². The Hall–Kier alpha value is -0.780. The predicted octanol–water partition coefficient (Wildman–Crippen LogP) is 2.55. The summed E-state index contributed by atoms with van der Waals surface area (Å²) in [5.74, 6) is 2.82. The second kappa shape index (κ2) is 4.16. The van der Waals surface area contributed by atoms with Crippen LogP contribution in [0.2, 0.25) is 0 Å². The summed E-state index contributed by atoms with van der Waals surface area (Å²) in [6, 6.07) is 2.14. The fourth-order valence-electron chi connectivity index (χ4n) is 2.18. The molecule has 0 aliphatic heterocycles. The van der Waals surface area contributed by atoms with Crippen LogP contribution in [0.4, 0.5) is 0 Å². The Kier molecular flexibility index (Phi) is 2.90. The number of hydrogen-bond donors (Lipinski definition) is 1. The third-order valence-corrected chi connectivity index (χ3v) is 3.89. The molecule has 2 atom stereocenters. The van der Waals surface area contributed by atoms with Crippen molar-refractivity contribution in [2.45, 2.75) is 37.7 Å². The summed E-state index contributed by atoms with van der Waals surface area (Å²) >= 11 is 1.80. The van der Waals surface area contributed by atoms with Gasteiger partial charge >= 0.3 is 0 Å². The maximum absolute atomic E-state index is 9.90. The number of rotatable bonds is 2. The van der Waals surface area contributed by atoms with Crippen LogP contribution in [0.1, 0.15) is 35.6 Å². The van der Waals surface area contributed by atoms with Crippen LogP contribution in [0.3, 0.4) is 0 Å². The molecule has 0 saturated carbocycles. The molecule has 0 bridgehead atoms. The van der Waals surface area contributed by atoms with Crippen molar-refractivity contribution in [1.29, 1.82) is 0 Å². The number of terminal acetylenes is 1. The van der Waals surface area contributed by atoms with Crippen LogP contribution in [-0.2, 0) is 6.42 Å². The molecule has 2 heteroatoms. The highest BCUT2D eigenvalue weighted by Crippen LogP contribution is 2.37. The van der Waals surface area contributed by atoms with E-state index >= 15 is 0 Å². The lowest BCUT2D eigenvalue weighted by Crippen LogP contribution is -2.21. The molecule has 1 aliphatic rings. The first-order chi connectivity index (χ1) is 6.83. The molecule has 2 rings (SSSR count). The van der Waals surface area contributed by atoms with Crippen molar-refractivity contribution in [2.24, 2.45) is 0 Å². The molecule has 0 saturated heterocycles. The van der Waals surface area contributed by atoms with Gasteiger partial charge < -0.3 is 5.11 Å². The summed E-state index contributed by atoms with van der Waals surface area (Å²) in [5.41, 5.74) is 1.34. The van der Waals surface area contributed by atoms with Gasteiger partial charge in [-0.15, -0.1) is 23.7 Å². The quantitative estimate of drug-likeness (QED) is 0.737. The second-order valence-electron chi connectivity index (χ2n) is 3.77. The van der Waals surface area contributed by atoms with E-state index in [0.717, 1.165) is 6.42 Å². The summed E-state index contributed by atoms with van der Waals surface area (Å²) in [6.45, 7) is 0. The van der Waals surface area contributed by atoms with Gasteiger partial charge in [-0.3, -0.25) is 0 Å². The number of thiophene rings is 1. The summed E-state index contributed by atoms with van der Waals surface area (Å²) in [4.78, 5) is 1.44. The molecule has 1 nitrogen and oxygen atoms in total. The Morgan fingerprint density at radius 1 is 1.71 bits per heavy atom. The van der Waals surface area contributed by atoms with Gasteiger partial charge in [0.25, 0.3) is 0 Å². The van der Waals surface area contributed by atoms with Gasteiger partial charge in [-0.1, -0.05) is 0 Å². The van der Waals surface area contributed by atoms with E-state index in [1.165, 1.54) is 23.3 Å². The highest BCUT2D eigenvalue weighted by molar-refractivity contribution is 7.10. The van der Waals surface area contributed by atoms with Crippen LogP contribution in [-0.4, -0.2) is 11.2 Å². The topological polar surface area (TPSA) is 20.2 Å². The minimum absolute atomic E-state index is 0.279. The molecule has 1 aromatic heterocycles. The standard InChI is InChI=1S/C12H14OS/c1-2-4-11(13)9-5-3-6-12-10(9)7-8-14-12/h1,7-9,11,13H,3-6H2. The van der Waals surface area contributed by atoms with E-state index in [0.29, 0.717) is 6.42 Å². The van der Waals surface area contributed by atoms with Crippen molar-refractivity contribution < 1.29 is 5.11 Å². The minimum atomic E-state index is -0.353. The first kappa shape index (κ1) is 9.76. The Labute approximate surface area is 88.8 Å². The van der Waals surface area contributed by atoms with Crippen molar-refractivity contribution in [3.05, 3.63) is 21.9 Å². The van der Waals surface area contributed by atoms with Crippen LogP contribution >= 0.6 is 11.3 Å². The molecule has 0 amide bonds. The zero-order valence-electron chi connectivity index (χ0n) is 8.07. The largest absolute Gasteiger partial charge is 0.391 e. The van der Waals surface area contributed by atoms with Crippen LogP contribution < -0.4 is 0 Å². The number of hydrogen-bond acceptors (Lipinski definition) is 2. The van der Waals surface area contributed by atoms with E-state index in [9.17, 15) is 5.11 Å². The van der Waals surface area contributed by atoms with Crippen molar-refractivity contribution in [3.63, 3.8) is 0 Å². The van der Waals surface area contributed by atoms with Crippen molar-refractivity contribution >= 4 is 11.3 Å². The van der Waals surface area contributed by atoms with Crippen molar-refractivity contribution in [3.8, 4) is 12.3 Å². The first-order valence-electron chi connectivity index (χ1n) is 5.00. The van der Waals surface area contributed by atoms with Gasteiger partial charge in [0, 0.05) is 17.2 Å². The minimum Gasteiger partial charge on any atom is -0.391 e. The highest BCUT2D eigenvalue weighted by atomic mass is 32.1. The maximum Gasteiger partial charge on any atom is 0.0718 e. The third kappa shape index (κ3) is 1.70. The Balaban J connectivity index is 2.20. The molecule has 0 spiro atoms. The molecular weight excluding hydrogens is 192 g/mol. The molecule has 0 radical (unpaired) electrons. The van der Waals surface area contributed by atoms with E-state index in [1.54, 1.807) is 11.3 Å². The molecule has 1 N–H and O–H groups in total. The molecular formula is C12H14OS. The number of fused-ring (bicyclic) bond motifs is 1. The highest BCUT2D eigenvalue weighted by Gasteiger charge is 2.26. The average Bonchev–Trinajstić information content (AvgIpc) is 2.65.